The Morgan fingerprint density at radius 2 is 1.91 bits per heavy atom. The monoisotopic (exact) mass is 200 g/mol. The minimum Gasteiger partial charge on any atom is -0.340 e. The minimum absolute atomic E-state index is 0.406. The van der Waals surface area contributed by atoms with Crippen LogP contribution in [0.4, 0.5) is 0 Å². The molecule has 0 saturated heterocycles. The van der Waals surface area contributed by atoms with E-state index in [4.69, 9.17) is 28.3 Å². The van der Waals surface area contributed by atoms with Crippen molar-refractivity contribution in [2.24, 2.45) is 0 Å². The summed E-state index contributed by atoms with van der Waals surface area (Å²) in [5, 5.41) is 8.68. The molecular weight excluding hydrogens is 187 g/mol. The summed E-state index contributed by atoms with van der Waals surface area (Å²) in [6.45, 7) is 2.53. The summed E-state index contributed by atoms with van der Waals surface area (Å²) < 4.78 is 2.65. The Bertz CT molecular complexity index is 90.9. The quantitative estimate of drug-likeness (QED) is 0.406. The van der Waals surface area contributed by atoms with Crippen molar-refractivity contribution in [1.29, 1.82) is 0 Å². The number of rotatable bonds is 6. The number of ether oxygens (including phenoxy) is 1. The topological polar surface area (TPSA) is 29.5 Å². The van der Waals surface area contributed by atoms with Gasteiger partial charge in [0.15, 0.2) is 0 Å². The molecule has 0 aromatic carbocycles. The van der Waals surface area contributed by atoms with Crippen LogP contribution in [0.15, 0.2) is 0 Å². The Morgan fingerprint density at radius 1 is 1.27 bits per heavy atom. The SMILES string of the molecule is CCCCCCOC(O)(Cl)Cl. The van der Waals surface area contributed by atoms with Gasteiger partial charge in [-0.15, -0.1) is 0 Å². The van der Waals surface area contributed by atoms with Gasteiger partial charge in [-0.05, 0) is 29.6 Å². The number of unbranched alkanes of at least 4 members (excludes halogenated alkanes) is 3. The molecule has 0 saturated carbocycles. The van der Waals surface area contributed by atoms with E-state index in [0.29, 0.717) is 6.61 Å². The van der Waals surface area contributed by atoms with Crippen molar-refractivity contribution in [3.63, 3.8) is 0 Å². The van der Waals surface area contributed by atoms with E-state index in [-0.39, 0.29) is 0 Å². The zero-order valence-electron chi connectivity index (χ0n) is 6.65. The molecule has 0 atom stereocenters. The molecule has 0 amide bonds. The van der Waals surface area contributed by atoms with Gasteiger partial charge in [-0.3, -0.25) is 0 Å². The van der Waals surface area contributed by atoms with E-state index in [0.717, 1.165) is 12.8 Å². The largest absolute Gasteiger partial charge is 0.340 e. The van der Waals surface area contributed by atoms with E-state index in [9.17, 15) is 0 Å². The number of hydrogen-bond acceptors (Lipinski definition) is 2. The molecule has 0 bridgehead atoms. The van der Waals surface area contributed by atoms with Gasteiger partial charge in [-0.25, -0.2) is 0 Å². The van der Waals surface area contributed by atoms with E-state index in [1.807, 2.05) is 0 Å². The predicted molar refractivity (Wildman–Crippen MR) is 46.7 cm³/mol. The molecule has 0 radical (unpaired) electrons. The molecule has 0 heterocycles. The van der Waals surface area contributed by atoms with E-state index in [1.165, 1.54) is 12.8 Å². The first kappa shape index (κ1) is 11.5. The van der Waals surface area contributed by atoms with Gasteiger partial charge in [0, 0.05) is 0 Å². The van der Waals surface area contributed by atoms with Crippen LogP contribution in [0.3, 0.4) is 0 Å². The zero-order valence-corrected chi connectivity index (χ0v) is 8.16. The smallest absolute Gasteiger partial charge is 0.329 e. The second-order valence-corrected chi connectivity index (χ2v) is 3.61. The van der Waals surface area contributed by atoms with E-state index >= 15 is 0 Å². The molecule has 68 valence electrons. The lowest BCUT2D eigenvalue weighted by molar-refractivity contribution is -0.0749. The lowest BCUT2D eigenvalue weighted by atomic mass is 10.2. The fourth-order valence-electron chi connectivity index (χ4n) is 0.724. The highest BCUT2D eigenvalue weighted by molar-refractivity contribution is 6.45. The van der Waals surface area contributed by atoms with Crippen LogP contribution in [0, 0.1) is 0 Å². The van der Waals surface area contributed by atoms with Crippen molar-refractivity contribution in [3.05, 3.63) is 0 Å². The number of hydrogen-bond donors (Lipinski definition) is 1. The Labute approximate surface area is 77.4 Å². The Hall–Kier alpha value is 0.500. The maximum absolute atomic E-state index is 8.68. The van der Waals surface area contributed by atoms with Crippen LogP contribution in [0.25, 0.3) is 0 Å². The van der Waals surface area contributed by atoms with Crippen molar-refractivity contribution in [1.82, 2.24) is 0 Å². The Kier molecular flexibility index (Phi) is 6.34. The van der Waals surface area contributed by atoms with Gasteiger partial charge in [0.05, 0.1) is 6.61 Å². The third kappa shape index (κ3) is 10.5. The van der Waals surface area contributed by atoms with Crippen LogP contribution < -0.4 is 0 Å². The molecular formula is C7H14Cl2O2. The van der Waals surface area contributed by atoms with Crippen LogP contribution in [0.2, 0.25) is 0 Å². The number of alkyl halides is 2. The van der Waals surface area contributed by atoms with E-state index in [2.05, 4.69) is 11.7 Å². The van der Waals surface area contributed by atoms with Crippen LogP contribution in [0.1, 0.15) is 32.6 Å². The molecule has 0 aromatic heterocycles. The fraction of sp³-hybridized carbons (Fsp3) is 1.00. The van der Waals surface area contributed by atoms with Crippen LogP contribution in [-0.2, 0) is 4.74 Å². The van der Waals surface area contributed by atoms with Crippen molar-refractivity contribution >= 4 is 23.2 Å². The first-order valence-electron chi connectivity index (χ1n) is 3.80. The van der Waals surface area contributed by atoms with Crippen molar-refractivity contribution in [3.8, 4) is 0 Å². The minimum atomic E-state index is -2.01. The predicted octanol–water partition coefficient (Wildman–Crippen LogP) is 2.66. The lowest BCUT2D eigenvalue weighted by Gasteiger charge is -2.11. The van der Waals surface area contributed by atoms with E-state index < -0.39 is 4.71 Å². The highest BCUT2D eigenvalue weighted by atomic mass is 35.5. The third-order valence-corrected chi connectivity index (χ3v) is 1.49. The summed E-state index contributed by atoms with van der Waals surface area (Å²) in [5.74, 6) is 0. The third-order valence-electron chi connectivity index (χ3n) is 1.27. The summed E-state index contributed by atoms with van der Waals surface area (Å²) in [6.07, 6.45) is 4.31. The zero-order chi connectivity index (χ0) is 8.74. The molecule has 0 fully saturated rings. The average Bonchev–Trinajstić information content (AvgIpc) is 1.85. The standard InChI is InChI=1S/C7H14Cl2O2/c1-2-3-4-5-6-11-7(8,9)10/h10H,2-6H2,1H3. The Balaban J connectivity index is 3.02. The molecule has 0 unspecified atom stereocenters. The molecule has 0 aliphatic rings. The number of aliphatic hydroxyl groups is 1. The summed E-state index contributed by atoms with van der Waals surface area (Å²) >= 11 is 10.3. The summed E-state index contributed by atoms with van der Waals surface area (Å²) in [6, 6.07) is 0. The molecule has 0 aliphatic carbocycles. The molecule has 4 heteroatoms. The highest BCUT2D eigenvalue weighted by Crippen LogP contribution is 2.18. The molecule has 2 nitrogen and oxygen atoms in total. The highest BCUT2D eigenvalue weighted by Gasteiger charge is 2.18. The second-order valence-electron chi connectivity index (χ2n) is 2.40. The van der Waals surface area contributed by atoms with Gasteiger partial charge < -0.3 is 9.84 Å². The molecule has 1 N–H and O–H groups in total. The first-order valence-corrected chi connectivity index (χ1v) is 4.56. The van der Waals surface area contributed by atoms with Gasteiger partial charge in [0.1, 0.15) is 0 Å². The molecule has 11 heavy (non-hydrogen) atoms. The average molecular weight is 201 g/mol. The molecule has 0 aliphatic heterocycles. The normalized spacial score (nSPS) is 12.0. The molecule has 0 rings (SSSR count). The molecule has 0 spiro atoms. The van der Waals surface area contributed by atoms with Gasteiger partial charge >= 0.3 is 4.71 Å². The van der Waals surface area contributed by atoms with Crippen molar-refractivity contribution in [2.75, 3.05) is 6.61 Å². The molecule has 0 aromatic rings. The van der Waals surface area contributed by atoms with Gasteiger partial charge in [-0.2, -0.15) is 0 Å². The van der Waals surface area contributed by atoms with Gasteiger partial charge in [-0.1, -0.05) is 26.2 Å². The van der Waals surface area contributed by atoms with Crippen molar-refractivity contribution in [2.45, 2.75) is 37.3 Å². The van der Waals surface area contributed by atoms with Crippen LogP contribution in [0.5, 0.6) is 0 Å². The second kappa shape index (κ2) is 6.06. The fourth-order valence-corrected chi connectivity index (χ4v) is 0.878. The van der Waals surface area contributed by atoms with E-state index in [1.54, 1.807) is 0 Å². The number of halogens is 2. The maximum Gasteiger partial charge on any atom is 0.329 e. The summed E-state index contributed by atoms with van der Waals surface area (Å²) in [7, 11) is 0. The lowest BCUT2D eigenvalue weighted by Crippen LogP contribution is -2.16. The Morgan fingerprint density at radius 3 is 2.36 bits per heavy atom. The van der Waals surface area contributed by atoms with Gasteiger partial charge in [0.25, 0.3) is 0 Å². The summed E-state index contributed by atoms with van der Waals surface area (Å²) in [5.41, 5.74) is 0. The van der Waals surface area contributed by atoms with Gasteiger partial charge in [0.2, 0.25) is 0 Å². The first-order chi connectivity index (χ1) is 5.06. The van der Waals surface area contributed by atoms with Crippen LogP contribution >= 0.6 is 23.2 Å². The summed E-state index contributed by atoms with van der Waals surface area (Å²) in [4.78, 5) is 0. The maximum atomic E-state index is 8.68. The van der Waals surface area contributed by atoms with Crippen molar-refractivity contribution < 1.29 is 9.84 Å². The van der Waals surface area contributed by atoms with Crippen LogP contribution in [-0.4, -0.2) is 16.4 Å².